The molecule has 2 N–H and O–H groups in total. The molecule has 4 rings (SSSR count). The van der Waals surface area contributed by atoms with Crippen molar-refractivity contribution in [3.8, 4) is 5.75 Å². The molecule has 0 spiro atoms. The van der Waals surface area contributed by atoms with Crippen LogP contribution in [0.25, 0.3) is 0 Å². The van der Waals surface area contributed by atoms with Gasteiger partial charge in [-0.1, -0.05) is 30.3 Å². The number of rotatable bonds is 6. The molecule has 1 unspecified atom stereocenters. The van der Waals surface area contributed by atoms with E-state index in [0.717, 1.165) is 28.1 Å². The largest absolute Gasteiger partial charge is 0.496 e. The highest BCUT2D eigenvalue weighted by Gasteiger charge is 2.33. The van der Waals surface area contributed by atoms with Gasteiger partial charge in [-0.25, -0.2) is 4.98 Å². The Kier molecular flexibility index (Phi) is 5.75. The van der Waals surface area contributed by atoms with E-state index >= 15 is 0 Å². The van der Waals surface area contributed by atoms with Gasteiger partial charge >= 0.3 is 0 Å². The first kappa shape index (κ1) is 20.7. The molecule has 1 aromatic heterocycles. The summed E-state index contributed by atoms with van der Waals surface area (Å²) in [6, 6.07) is 15.1. The van der Waals surface area contributed by atoms with Crippen molar-refractivity contribution in [2.24, 2.45) is 0 Å². The summed E-state index contributed by atoms with van der Waals surface area (Å²) in [6.45, 7) is 5.02. The summed E-state index contributed by atoms with van der Waals surface area (Å²) < 4.78 is 5.37. The van der Waals surface area contributed by atoms with Crippen LogP contribution in [-0.2, 0) is 11.3 Å². The molecule has 1 fully saturated rings. The quantitative estimate of drug-likeness (QED) is 0.640. The van der Waals surface area contributed by atoms with Crippen LogP contribution in [0.1, 0.15) is 34.7 Å². The topological polar surface area (TPSA) is 87.3 Å². The fourth-order valence-electron chi connectivity index (χ4n) is 3.96. The molecule has 2 heterocycles. The maximum absolute atomic E-state index is 12.8. The van der Waals surface area contributed by atoms with E-state index in [1.54, 1.807) is 12.0 Å². The minimum absolute atomic E-state index is 0.0457. The number of carbonyl (C=O) groups is 1. The summed E-state index contributed by atoms with van der Waals surface area (Å²) in [7, 11) is 1.62. The van der Waals surface area contributed by atoms with Crippen molar-refractivity contribution in [2.75, 3.05) is 23.9 Å². The Labute approximate surface area is 181 Å². The van der Waals surface area contributed by atoms with E-state index in [2.05, 4.69) is 15.3 Å². The molecule has 7 heteroatoms. The summed E-state index contributed by atoms with van der Waals surface area (Å²) in [5.41, 5.74) is 4.49. The van der Waals surface area contributed by atoms with Gasteiger partial charge in [0.05, 0.1) is 12.8 Å². The number of ether oxygens (including phenoxy) is 1. The maximum atomic E-state index is 12.8. The Hall–Kier alpha value is -3.61. The predicted octanol–water partition coefficient (Wildman–Crippen LogP) is 3.53. The lowest BCUT2D eigenvalue weighted by Gasteiger charge is -2.20. The number of para-hydroxylation sites is 1. The highest BCUT2D eigenvalue weighted by atomic mass is 16.5. The fourth-order valence-corrected chi connectivity index (χ4v) is 3.96. The maximum Gasteiger partial charge on any atom is 0.252 e. The third-order valence-corrected chi connectivity index (χ3v) is 5.81. The number of aromatic nitrogens is 2. The highest BCUT2D eigenvalue weighted by molar-refractivity contribution is 5.97. The second-order valence-corrected chi connectivity index (χ2v) is 7.81. The molecule has 31 heavy (non-hydrogen) atoms. The molecule has 1 saturated heterocycles. The summed E-state index contributed by atoms with van der Waals surface area (Å²) in [4.78, 5) is 34.2. The third kappa shape index (κ3) is 4.30. The van der Waals surface area contributed by atoms with Gasteiger partial charge in [0.2, 0.25) is 11.9 Å². The van der Waals surface area contributed by atoms with Crippen LogP contribution in [0.15, 0.2) is 53.3 Å². The molecule has 0 saturated carbocycles. The second-order valence-electron chi connectivity index (χ2n) is 7.81. The Balaban J connectivity index is 1.54. The van der Waals surface area contributed by atoms with Crippen molar-refractivity contribution in [1.29, 1.82) is 0 Å². The minimum Gasteiger partial charge on any atom is -0.496 e. The van der Waals surface area contributed by atoms with E-state index in [0.29, 0.717) is 31.2 Å². The number of anilines is 2. The lowest BCUT2D eigenvalue weighted by molar-refractivity contribution is -0.117. The van der Waals surface area contributed by atoms with E-state index < -0.39 is 0 Å². The molecule has 3 aromatic rings. The zero-order valence-corrected chi connectivity index (χ0v) is 17.9. The fraction of sp³-hybridized carbons (Fsp3) is 0.292. The molecule has 1 amide bonds. The van der Waals surface area contributed by atoms with Crippen LogP contribution in [-0.4, -0.2) is 29.5 Å². The number of methoxy groups -OCH3 is 1. The van der Waals surface area contributed by atoms with Gasteiger partial charge in [0.1, 0.15) is 5.75 Å². The molecule has 1 atom stereocenters. The first-order chi connectivity index (χ1) is 15.0. The average molecular weight is 418 g/mol. The standard InChI is InChI=1S/C24H26N4O3/c1-15-7-6-9-20(16(15)2)28-14-18(11-23(28)30)19-12-22(29)27-24(26-19)25-13-17-8-4-5-10-21(17)31-3/h4-10,12,18H,11,13-14H2,1-3H3,(H2,25,26,27,29). The number of aromatic amines is 1. The molecule has 2 aromatic carbocycles. The second kappa shape index (κ2) is 8.63. The highest BCUT2D eigenvalue weighted by Crippen LogP contribution is 2.33. The summed E-state index contributed by atoms with van der Waals surface area (Å²) in [6.07, 6.45) is 0.329. The van der Waals surface area contributed by atoms with Gasteiger partial charge in [0, 0.05) is 42.7 Å². The molecule has 0 bridgehead atoms. The van der Waals surface area contributed by atoms with Crippen LogP contribution in [0.4, 0.5) is 11.6 Å². The van der Waals surface area contributed by atoms with E-state index in [9.17, 15) is 9.59 Å². The molecule has 160 valence electrons. The predicted molar refractivity (Wildman–Crippen MR) is 121 cm³/mol. The van der Waals surface area contributed by atoms with Gasteiger partial charge in [0.25, 0.3) is 5.56 Å². The van der Waals surface area contributed by atoms with Crippen LogP contribution in [0, 0.1) is 13.8 Å². The number of carbonyl (C=O) groups excluding carboxylic acids is 1. The molecule has 0 aliphatic carbocycles. The van der Waals surface area contributed by atoms with Crippen LogP contribution in [0.3, 0.4) is 0 Å². The average Bonchev–Trinajstić information content (AvgIpc) is 3.15. The van der Waals surface area contributed by atoms with Crippen LogP contribution in [0.2, 0.25) is 0 Å². The smallest absolute Gasteiger partial charge is 0.252 e. The van der Waals surface area contributed by atoms with Crippen molar-refractivity contribution in [3.05, 3.63) is 81.3 Å². The van der Waals surface area contributed by atoms with Crippen molar-refractivity contribution in [3.63, 3.8) is 0 Å². The van der Waals surface area contributed by atoms with Crippen LogP contribution < -0.4 is 20.5 Å². The van der Waals surface area contributed by atoms with E-state index in [1.807, 2.05) is 56.3 Å². The van der Waals surface area contributed by atoms with Crippen molar-refractivity contribution in [2.45, 2.75) is 32.7 Å². The molecule has 0 radical (unpaired) electrons. The number of nitrogens with one attached hydrogen (secondary N) is 2. The number of H-pyrrole nitrogens is 1. The van der Waals surface area contributed by atoms with Crippen molar-refractivity contribution in [1.82, 2.24) is 9.97 Å². The number of hydrogen-bond acceptors (Lipinski definition) is 5. The SMILES string of the molecule is COc1ccccc1CNc1nc(C2CC(=O)N(c3cccc(C)c3C)C2)cc(=O)[nH]1. The van der Waals surface area contributed by atoms with Crippen LogP contribution in [0.5, 0.6) is 5.75 Å². The molecule has 1 aliphatic rings. The number of nitrogens with zero attached hydrogens (tertiary/aromatic N) is 2. The van der Waals surface area contributed by atoms with Gasteiger partial charge < -0.3 is 15.0 Å². The summed E-state index contributed by atoms with van der Waals surface area (Å²) >= 11 is 0. The van der Waals surface area contributed by atoms with E-state index in [-0.39, 0.29) is 17.4 Å². The number of aryl methyl sites for hydroxylation is 1. The van der Waals surface area contributed by atoms with E-state index in [4.69, 9.17) is 4.74 Å². The van der Waals surface area contributed by atoms with Gasteiger partial charge in [-0.3, -0.25) is 14.6 Å². The third-order valence-electron chi connectivity index (χ3n) is 5.81. The van der Waals surface area contributed by atoms with Gasteiger partial charge in [-0.2, -0.15) is 0 Å². The zero-order chi connectivity index (χ0) is 22.0. The molecular weight excluding hydrogens is 392 g/mol. The minimum atomic E-state index is -0.245. The Morgan fingerprint density at radius 3 is 2.77 bits per heavy atom. The Morgan fingerprint density at radius 1 is 1.16 bits per heavy atom. The van der Waals surface area contributed by atoms with Gasteiger partial charge in [-0.15, -0.1) is 0 Å². The van der Waals surface area contributed by atoms with E-state index in [1.165, 1.54) is 6.07 Å². The normalized spacial score (nSPS) is 15.9. The molecular formula is C24H26N4O3. The first-order valence-electron chi connectivity index (χ1n) is 10.3. The molecule has 1 aliphatic heterocycles. The Bertz CT molecular complexity index is 1170. The number of hydrogen-bond donors (Lipinski definition) is 2. The monoisotopic (exact) mass is 418 g/mol. The Morgan fingerprint density at radius 2 is 1.97 bits per heavy atom. The van der Waals surface area contributed by atoms with Crippen molar-refractivity contribution >= 4 is 17.5 Å². The number of benzene rings is 2. The van der Waals surface area contributed by atoms with Crippen molar-refractivity contribution < 1.29 is 9.53 Å². The lowest BCUT2D eigenvalue weighted by Crippen LogP contribution is -2.25. The first-order valence-corrected chi connectivity index (χ1v) is 10.3. The summed E-state index contributed by atoms with van der Waals surface area (Å²) in [5, 5.41) is 3.17. The van der Waals surface area contributed by atoms with Gasteiger partial charge in [0.15, 0.2) is 0 Å². The summed E-state index contributed by atoms with van der Waals surface area (Å²) in [5.74, 6) is 1.05. The van der Waals surface area contributed by atoms with Gasteiger partial charge in [-0.05, 0) is 37.1 Å². The zero-order valence-electron chi connectivity index (χ0n) is 17.9. The lowest BCUT2D eigenvalue weighted by atomic mass is 10.0. The number of amides is 1. The molecule has 7 nitrogen and oxygen atoms in total. The van der Waals surface area contributed by atoms with Crippen LogP contribution >= 0.6 is 0 Å².